The Morgan fingerprint density at radius 2 is 2.07 bits per heavy atom. The number of hydrogen-bond acceptors (Lipinski definition) is 4. The molecule has 2 amide bonds. The van der Waals surface area contributed by atoms with Gasteiger partial charge >= 0.3 is 5.91 Å². The number of hydrogen-bond donors (Lipinski definition) is 0. The first-order chi connectivity index (χ1) is 13.3. The molecule has 0 saturated heterocycles. The Labute approximate surface area is 171 Å². The third-order valence-corrected chi connectivity index (χ3v) is 5.68. The Morgan fingerprint density at radius 3 is 2.82 bits per heavy atom. The number of nitrogens with zero attached hydrogens (tertiary/aromatic N) is 5. The summed E-state index contributed by atoms with van der Waals surface area (Å²) in [4.78, 5) is 31.7. The van der Waals surface area contributed by atoms with Crippen LogP contribution in [0.25, 0.3) is 5.65 Å². The Bertz CT molecular complexity index is 1110. The second-order valence-electron chi connectivity index (χ2n) is 7.58. The van der Waals surface area contributed by atoms with Crippen molar-refractivity contribution in [2.24, 2.45) is 0 Å². The predicted octanol–water partition coefficient (Wildman–Crippen LogP) is 2.54. The summed E-state index contributed by atoms with van der Waals surface area (Å²) in [5, 5.41) is 4.42. The van der Waals surface area contributed by atoms with Crippen LogP contribution >= 0.6 is 15.9 Å². The monoisotopic (exact) mass is 442 g/mol. The van der Waals surface area contributed by atoms with Crippen molar-refractivity contribution < 1.29 is 14.1 Å². The number of benzene rings is 1. The summed E-state index contributed by atoms with van der Waals surface area (Å²) in [6.45, 7) is 1.16. The van der Waals surface area contributed by atoms with Crippen LogP contribution in [-0.2, 0) is 13.0 Å². The van der Waals surface area contributed by atoms with Gasteiger partial charge in [0, 0.05) is 50.1 Å². The minimum absolute atomic E-state index is 0.00344. The van der Waals surface area contributed by atoms with Crippen LogP contribution in [0.2, 0.25) is 0 Å². The Balaban J connectivity index is 1.67. The van der Waals surface area contributed by atoms with Gasteiger partial charge in [-0.3, -0.25) is 9.28 Å². The van der Waals surface area contributed by atoms with Gasteiger partial charge in [0.15, 0.2) is 11.3 Å². The van der Waals surface area contributed by atoms with Gasteiger partial charge in [-0.2, -0.15) is 5.10 Å². The Morgan fingerprint density at radius 1 is 1.29 bits per heavy atom. The van der Waals surface area contributed by atoms with Crippen molar-refractivity contribution in [1.29, 1.82) is 0 Å². The highest BCUT2D eigenvalue weighted by molar-refractivity contribution is 9.10. The van der Waals surface area contributed by atoms with Gasteiger partial charge in [-0.1, -0.05) is 12.1 Å². The molecule has 7 nitrogen and oxygen atoms in total. The maximum atomic E-state index is 13.3. The SMILES string of the molecule is CN(C)C(=O)c1cccc2c1CC[N+](C)(C(=O)c1cc3ncc(Br)cn3n1)C2. The lowest BCUT2D eigenvalue weighted by molar-refractivity contribution is -0.844. The normalized spacial score (nSPS) is 18.7. The number of amides is 2. The van der Waals surface area contributed by atoms with E-state index in [0.717, 1.165) is 21.2 Å². The molecule has 0 bridgehead atoms. The van der Waals surface area contributed by atoms with E-state index in [0.29, 0.717) is 30.9 Å². The van der Waals surface area contributed by atoms with Crippen LogP contribution in [0.15, 0.2) is 41.1 Å². The lowest BCUT2D eigenvalue weighted by Crippen LogP contribution is -2.52. The maximum absolute atomic E-state index is 13.3. The number of carbonyl (C=O) groups excluding carboxylic acids is 2. The maximum Gasteiger partial charge on any atom is 0.366 e. The van der Waals surface area contributed by atoms with E-state index < -0.39 is 0 Å². The van der Waals surface area contributed by atoms with Crippen LogP contribution < -0.4 is 0 Å². The molecule has 4 rings (SSSR count). The molecule has 1 unspecified atom stereocenters. The fraction of sp³-hybridized carbons (Fsp3) is 0.300. The van der Waals surface area contributed by atoms with E-state index in [1.165, 1.54) is 0 Å². The molecule has 1 atom stereocenters. The van der Waals surface area contributed by atoms with Crippen LogP contribution in [0.3, 0.4) is 0 Å². The van der Waals surface area contributed by atoms with Crippen molar-refractivity contribution in [3.8, 4) is 0 Å². The lowest BCUT2D eigenvalue weighted by Gasteiger charge is -2.36. The zero-order valence-corrected chi connectivity index (χ0v) is 17.6. The minimum Gasteiger partial charge on any atom is -0.345 e. The van der Waals surface area contributed by atoms with Gasteiger partial charge in [-0.25, -0.2) is 14.3 Å². The van der Waals surface area contributed by atoms with E-state index >= 15 is 0 Å². The first-order valence-electron chi connectivity index (χ1n) is 9.01. The van der Waals surface area contributed by atoms with Gasteiger partial charge in [-0.15, -0.1) is 0 Å². The van der Waals surface area contributed by atoms with Gasteiger partial charge in [0.2, 0.25) is 0 Å². The molecule has 2 aromatic heterocycles. The predicted molar refractivity (Wildman–Crippen MR) is 108 cm³/mol. The second-order valence-corrected chi connectivity index (χ2v) is 8.50. The lowest BCUT2D eigenvalue weighted by atomic mass is 9.92. The first-order valence-corrected chi connectivity index (χ1v) is 9.80. The van der Waals surface area contributed by atoms with Crippen molar-refractivity contribution in [3.05, 3.63) is 63.5 Å². The molecule has 3 heterocycles. The third kappa shape index (κ3) is 3.12. The standard InChI is InChI=1S/C20H21BrN5O2/c1-24(2)19(27)16-6-4-5-13-12-26(3,8-7-15(13)16)20(28)17-9-18-22-10-14(21)11-25(18)23-17/h4-6,9-11H,7-8,12H2,1-3H3/q+1. The smallest absolute Gasteiger partial charge is 0.345 e. The number of carbonyl (C=O) groups is 2. The van der Waals surface area contributed by atoms with Crippen molar-refractivity contribution in [3.63, 3.8) is 0 Å². The molecule has 0 N–H and O–H groups in total. The summed E-state index contributed by atoms with van der Waals surface area (Å²) < 4.78 is 2.62. The first kappa shape index (κ1) is 18.8. The summed E-state index contributed by atoms with van der Waals surface area (Å²) in [6.07, 6.45) is 4.14. The molecule has 8 heteroatoms. The topological polar surface area (TPSA) is 67.6 Å². The zero-order valence-electron chi connectivity index (χ0n) is 16.0. The molecule has 0 saturated carbocycles. The van der Waals surface area contributed by atoms with Gasteiger partial charge in [0.25, 0.3) is 5.91 Å². The molecule has 0 aliphatic carbocycles. The average molecular weight is 443 g/mol. The van der Waals surface area contributed by atoms with Gasteiger partial charge < -0.3 is 4.90 Å². The molecule has 0 radical (unpaired) electrons. The van der Waals surface area contributed by atoms with Gasteiger partial charge in [0.05, 0.1) is 18.1 Å². The van der Waals surface area contributed by atoms with Crippen molar-refractivity contribution in [2.45, 2.75) is 13.0 Å². The van der Waals surface area contributed by atoms with Crippen LogP contribution in [0.4, 0.5) is 0 Å². The molecule has 1 aliphatic rings. The van der Waals surface area contributed by atoms with Crippen molar-refractivity contribution in [1.82, 2.24) is 19.5 Å². The van der Waals surface area contributed by atoms with Crippen LogP contribution in [0.1, 0.15) is 32.0 Å². The summed E-state index contributed by atoms with van der Waals surface area (Å²) in [7, 11) is 5.44. The molecule has 1 aliphatic heterocycles. The summed E-state index contributed by atoms with van der Waals surface area (Å²) >= 11 is 3.37. The molecule has 144 valence electrons. The van der Waals surface area contributed by atoms with Crippen LogP contribution in [0, 0.1) is 0 Å². The highest BCUT2D eigenvalue weighted by Crippen LogP contribution is 2.29. The second kappa shape index (κ2) is 6.79. The zero-order chi connectivity index (χ0) is 20.1. The molecule has 3 aromatic rings. The van der Waals surface area contributed by atoms with Crippen molar-refractivity contribution in [2.75, 3.05) is 27.7 Å². The van der Waals surface area contributed by atoms with Gasteiger partial charge in [0.1, 0.15) is 6.54 Å². The molecule has 1 aromatic carbocycles. The fourth-order valence-electron chi connectivity index (χ4n) is 3.74. The summed E-state index contributed by atoms with van der Waals surface area (Å²) in [5.74, 6) is -0.0482. The minimum atomic E-state index is -0.0448. The quantitative estimate of drug-likeness (QED) is 0.571. The molecular formula is C20H21BrN5O2+. The molecule has 0 fully saturated rings. The average Bonchev–Trinajstić information content (AvgIpc) is 3.08. The third-order valence-electron chi connectivity index (χ3n) is 5.28. The largest absolute Gasteiger partial charge is 0.366 e. The molecular weight excluding hydrogens is 422 g/mol. The van der Waals surface area contributed by atoms with E-state index in [1.807, 2.05) is 25.2 Å². The van der Waals surface area contributed by atoms with E-state index in [1.54, 1.807) is 42.0 Å². The number of likely N-dealkylation sites (N-methyl/N-ethyl adjacent to an activating group) is 1. The summed E-state index contributed by atoms with van der Waals surface area (Å²) in [5.41, 5.74) is 3.85. The summed E-state index contributed by atoms with van der Waals surface area (Å²) in [6, 6.07) is 7.49. The Hall–Kier alpha value is -2.58. The molecule has 28 heavy (non-hydrogen) atoms. The number of rotatable bonds is 2. The van der Waals surface area contributed by atoms with E-state index in [9.17, 15) is 9.59 Å². The number of quaternary nitrogens is 1. The van der Waals surface area contributed by atoms with E-state index in [-0.39, 0.29) is 16.3 Å². The number of halogens is 1. The van der Waals surface area contributed by atoms with E-state index in [4.69, 9.17) is 0 Å². The Kier molecular flexibility index (Phi) is 4.55. The van der Waals surface area contributed by atoms with Crippen LogP contribution in [-0.4, -0.2) is 63.5 Å². The fourth-order valence-corrected chi connectivity index (χ4v) is 4.04. The van der Waals surface area contributed by atoms with E-state index in [2.05, 4.69) is 26.0 Å². The molecule has 0 spiro atoms. The highest BCUT2D eigenvalue weighted by atomic mass is 79.9. The van der Waals surface area contributed by atoms with Gasteiger partial charge in [-0.05, 0) is 27.6 Å². The van der Waals surface area contributed by atoms with Crippen molar-refractivity contribution >= 4 is 33.4 Å². The highest BCUT2D eigenvalue weighted by Gasteiger charge is 2.39. The number of aromatic nitrogens is 3. The van der Waals surface area contributed by atoms with Crippen LogP contribution in [0.5, 0.6) is 0 Å². The number of fused-ring (bicyclic) bond motifs is 2.